The highest BCUT2D eigenvalue weighted by Crippen LogP contribution is 2.52. The van der Waals surface area contributed by atoms with E-state index in [0.29, 0.717) is 5.71 Å². The van der Waals surface area contributed by atoms with Gasteiger partial charge in [0.1, 0.15) is 0 Å². The van der Waals surface area contributed by atoms with Crippen molar-refractivity contribution in [2.45, 2.75) is 6.92 Å². The van der Waals surface area contributed by atoms with Gasteiger partial charge in [-0.25, -0.2) is 9.97 Å². The molecule has 4 heterocycles. The van der Waals surface area contributed by atoms with Gasteiger partial charge in [0.25, 0.3) is 0 Å². The molecule has 5 nitrogen and oxygen atoms in total. The Balaban J connectivity index is 1.63. The van der Waals surface area contributed by atoms with Crippen LogP contribution in [0.15, 0.2) is 83.5 Å². The van der Waals surface area contributed by atoms with Gasteiger partial charge >= 0.3 is 0 Å². The fraction of sp³-hybridized carbons (Fsp3) is 0.0400. The van der Waals surface area contributed by atoms with Gasteiger partial charge in [-0.1, -0.05) is 30.3 Å². The number of fused-ring (bicyclic) bond motifs is 4. The molecule has 1 aliphatic rings. The first-order valence-electron chi connectivity index (χ1n) is 9.80. The standard InChI is InChI=1S/C25H18N4O/c1-16-12-13-19-20-10-6-15-27-25(20)30-23(19)22(16)29-17(2)28(18-8-4-3-5-9-18)24-21(29)11-7-14-26-24/h3-15H,2H2,1H3. The summed E-state index contributed by atoms with van der Waals surface area (Å²) < 4.78 is 6.25. The number of nitrogens with zero attached hydrogens (tertiary/aromatic N) is 4. The van der Waals surface area contributed by atoms with Crippen molar-refractivity contribution in [3.63, 3.8) is 0 Å². The van der Waals surface area contributed by atoms with Crippen LogP contribution in [0.4, 0.5) is 22.9 Å². The second-order valence-electron chi connectivity index (χ2n) is 7.33. The summed E-state index contributed by atoms with van der Waals surface area (Å²) in [6.07, 6.45) is 4.37. The van der Waals surface area contributed by atoms with Crippen molar-refractivity contribution in [1.82, 2.24) is 9.97 Å². The molecule has 0 unspecified atom stereocenters. The normalized spacial score (nSPS) is 14.1. The molecule has 0 amide bonds. The van der Waals surface area contributed by atoms with Crippen LogP contribution in [0.25, 0.3) is 22.1 Å². The number of furan rings is 1. The Morgan fingerprint density at radius 1 is 0.800 bits per heavy atom. The molecule has 2 aromatic carbocycles. The van der Waals surface area contributed by atoms with Crippen molar-refractivity contribution in [3.8, 4) is 0 Å². The Morgan fingerprint density at radius 2 is 1.60 bits per heavy atom. The van der Waals surface area contributed by atoms with Crippen LogP contribution in [-0.2, 0) is 0 Å². The molecule has 0 fully saturated rings. The summed E-state index contributed by atoms with van der Waals surface area (Å²) in [6.45, 7) is 6.53. The second kappa shape index (κ2) is 6.32. The molecule has 30 heavy (non-hydrogen) atoms. The van der Waals surface area contributed by atoms with E-state index >= 15 is 0 Å². The number of rotatable bonds is 2. The third-order valence-electron chi connectivity index (χ3n) is 5.57. The molecule has 0 atom stereocenters. The highest BCUT2D eigenvalue weighted by molar-refractivity contribution is 6.10. The largest absolute Gasteiger partial charge is 0.435 e. The monoisotopic (exact) mass is 390 g/mol. The third-order valence-corrected chi connectivity index (χ3v) is 5.57. The van der Waals surface area contributed by atoms with Crippen LogP contribution in [0.5, 0.6) is 0 Å². The number of benzene rings is 2. The van der Waals surface area contributed by atoms with Crippen LogP contribution in [0.1, 0.15) is 5.56 Å². The minimum atomic E-state index is 0.635. The van der Waals surface area contributed by atoms with Crippen molar-refractivity contribution in [3.05, 3.63) is 97.8 Å². The average molecular weight is 390 g/mol. The molecule has 0 saturated carbocycles. The molecule has 5 aromatic rings. The molecule has 6 rings (SSSR count). The first-order valence-corrected chi connectivity index (χ1v) is 9.80. The predicted octanol–water partition coefficient (Wildman–Crippen LogP) is 6.30. The van der Waals surface area contributed by atoms with Crippen molar-refractivity contribution in [2.24, 2.45) is 0 Å². The zero-order chi connectivity index (χ0) is 20.2. The van der Waals surface area contributed by atoms with Gasteiger partial charge in [-0.15, -0.1) is 0 Å². The first kappa shape index (κ1) is 17.0. The molecule has 2 radical (unpaired) electrons. The maximum absolute atomic E-state index is 6.25. The number of anilines is 4. The van der Waals surface area contributed by atoms with E-state index in [1.807, 2.05) is 42.6 Å². The molecular weight excluding hydrogens is 372 g/mol. The fourth-order valence-corrected chi connectivity index (χ4v) is 4.23. The van der Waals surface area contributed by atoms with Crippen molar-refractivity contribution in [2.75, 3.05) is 9.80 Å². The molecule has 144 valence electrons. The molecular formula is C25H18N4O. The van der Waals surface area contributed by atoms with Crippen molar-refractivity contribution in [1.29, 1.82) is 0 Å². The summed E-state index contributed by atoms with van der Waals surface area (Å²) in [5.41, 5.74) is 5.47. The summed E-state index contributed by atoms with van der Waals surface area (Å²) in [6, 6.07) is 22.4. The molecule has 3 aromatic heterocycles. The Kier molecular flexibility index (Phi) is 3.59. The van der Waals surface area contributed by atoms with Gasteiger partial charge in [0, 0.05) is 28.9 Å². The van der Waals surface area contributed by atoms with Crippen molar-refractivity contribution >= 4 is 44.9 Å². The number of pyridine rings is 2. The zero-order valence-electron chi connectivity index (χ0n) is 16.4. The number of para-hydroxylation sites is 1. The Bertz CT molecular complexity index is 1390. The van der Waals surface area contributed by atoms with E-state index in [2.05, 4.69) is 63.9 Å². The number of hydrogen-bond donors (Lipinski definition) is 0. The molecule has 5 heteroatoms. The minimum absolute atomic E-state index is 0.635. The Hall–Kier alpha value is -3.86. The average Bonchev–Trinajstić information content (AvgIpc) is 3.29. The Labute approximate surface area is 174 Å². The third kappa shape index (κ3) is 2.29. The molecule has 0 aliphatic carbocycles. The zero-order valence-corrected chi connectivity index (χ0v) is 16.4. The summed E-state index contributed by atoms with van der Waals surface area (Å²) in [5, 5.41) is 2.04. The quantitative estimate of drug-likeness (QED) is 0.354. The topological polar surface area (TPSA) is 45.4 Å². The highest BCUT2D eigenvalue weighted by Gasteiger charge is 2.39. The van der Waals surface area contributed by atoms with E-state index in [1.54, 1.807) is 6.20 Å². The summed E-state index contributed by atoms with van der Waals surface area (Å²) >= 11 is 0. The molecule has 0 spiro atoms. The SMILES string of the molecule is [CH2][C]1N(c2ccccc2)c2ncccc2N1c1c(C)ccc2c1oc1ncccc12. The number of aromatic nitrogens is 2. The maximum Gasteiger partial charge on any atom is 0.227 e. The van der Waals surface area contributed by atoms with Crippen LogP contribution in [0.3, 0.4) is 0 Å². The molecule has 0 bridgehead atoms. The van der Waals surface area contributed by atoms with E-state index in [9.17, 15) is 0 Å². The summed E-state index contributed by atoms with van der Waals surface area (Å²) in [4.78, 5) is 13.3. The lowest BCUT2D eigenvalue weighted by atomic mass is 10.1. The highest BCUT2D eigenvalue weighted by atomic mass is 16.3. The van der Waals surface area contributed by atoms with E-state index in [1.165, 1.54) is 0 Å². The van der Waals surface area contributed by atoms with Gasteiger partial charge in [-0.05, 0) is 55.8 Å². The molecule has 0 saturated heterocycles. The summed E-state index contributed by atoms with van der Waals surface area (Å²) in [7, 11) is 0. The van der Waals surface area contributed by atoms with Gasteiger partial charge in [0.15, 0.2) is 17.6 Å². The van der Waals surface area contributed by atoms with Crippen LogP contribution in [0, 0.1) is 20.0 Å². The lowest BCUT2D eigenvalue weighted by molar-refractivity contribution is 0.653. The minimum Gasteiger partial charge on any atom is -0.435 e. The first-order chi connectivity index (χ1) is 14.7. The van der Waals surface area contributed by atoms with Crippen LogP contribution in [0.2, 0.25) is 0 Å². The predicted molar refractivity (Wildman–Crippen MR) is 120 cm³/mol. The van der Waals surface area contributed by atoms with E-state index in [-0.39, 0.29) is 0 Å². The van der Waals surface area contributed by atoms with Gasteiger partial charge in [-0.3, -0.25) is 4.90 Å². The van der Waals surface area contributed by atoms with Crippen LogP contribution >= 0.6 is 0 Å². The summed E-state index contributed by atoms with van der Waals surface area (Å²) in [5.74, 6) is 0.847. The van der Waals surface area contributed by atoms with E-state index in [0.717, 1.165) is 51.0 Å². The number of hydrogen-bond acceptors (Lipinski definition) is 5. The molecule has 0 N–H and O–H groups in total. The van der Waals surface area contributed by atoms with Crippen LogP contribution in [-0.4, -0.2) is 9.97 Å². The number of aryl methyl sites for hydroxylation is 1. The fourth-order valence-electron chi connectivity index (χ4n) is 4.23. The van der Waals surface area contributed by atoms with Gasteiger partial charge in [-0.2, -0.15) is 0 Å². The smallest absolute Gasteiger partial charge is 0.227 e. The second-order valence-corrected chi connectivity index (χ2v) is 7.33. The Morgan fingerprint density at radius 3 is 2.47 bits per heavy atom. The molecule has 1 aliphatic heterocycles. The van der Waals surface area contributed by atoms with E-state index < -0.39 is 0 Å². The maximum atomic E-state index is 6.25. The van der Waals surface area contributed by atoms with Crippen LogP contribution < -0.4 is 9.80 Å². The van der Waals surface area contributed by atoms with Gasteiger partial charge in [0.2, 0.25) is 5.71 Å². The van der Waals surface area contributed by atoms with E-state index in [4.69, 9.17) is 4.42 Å². The lowest BCUT2D eigenvalue weighted by Gasteiger charge is -2.29. The van der Waals surface area contributed by atoms with Gasteiger partial charge in [0.05, 0.1) is 11.4 Å². The lowest BCUT2D eigenvalue weighted by Crippen LogP contribution is -2.28. The van der Waals surface area contributed by atoms with Crippen molar-refractivity contribution < 1.29 is 4.42 Å². The van der Waals surface area contributed by atoms with Gasteiger partial charge < -0.3 is 9.32 Å².